The molecule has 1 fully saturated rings. The van der Waals surface area contributed by atoms with Crippen LogP contribution in [0.25, 0.3) is 10.6 Å². The van der Waals surface area contributed by atoms with Gasteiger partial charge in [0.05, 0.1) is 12.1 Å². The Hall–Kier alpha value is -1.72. The monoisotopic (exact) mass is 302 g/mol. The van der Waals surface area contributed by atoms with Crippen LogP contribution in [0.15, 0.2) is 29.6 Å². The van der Waals surface area contributed by atoms with Crippen LogP contribution in [0.5, 0.6) is 0 Å². The molecule has 1 aromatic heterocycles. The zero-order valence-electron chi connectivity index (χ0n) is 12.0. The Morgan fingerprint density at radius 1 is 1.38 bits per heavy atom. The lowest BCUT2D eigenvalue weighted by Crippen LogP contribution is -2.46. The minimum atomic E-state index is -0.699. The number of thiazole rings is 1. The SMILES string of the molecule is Cc1ccc(-c2nc(CN3CC(CC(=O)O)C3)cs2)cc1. The van der Waals surface area contributed by atoms with Gasteiger partial charge in [0.25, 0.3) is 0 Å². The lowest BCUT2D eigenvalue weighted by atomic mass is 9.96. The molecule has 4 nitrogen and oxygen atoms in total. The van der Waals surface area contributed by atoms with Gasteiger partial charge in [-0.15, -0.1) is 11.3 Å². The summed E-state index contributed by atoms with van der Waals surface area (Å²) in [6.07, 6.45) is 0.280. The second kappa shape index (κ2) is 5.95. The van der Waals surface area contributed by atoms with E-state index in [4.69, 9.17) is 5.11 Å². The van der Waals surface area contributed by atoms with Crippen molar-refractivity contribution in [1.82, 2.24) is 9.88 Å². The summed E-state index contributed by atoms with van der Waals surface area (Å²) in [5, 5.41) is 11.9. The van der Waals surface area contributed by atoms with Gasteiger partial charge >= 0.3 is 5.97 Å². The normalized spacial score (nSPS) is 15.9. The minimum Gasteiger partial charge on any atom is -0.481 e. The van der Waals surface area contributed by atoms with Gasteiger partial charge in [0.15, 0.2) is 0 Å². The lowest BCUT2D eigenvalue weighted by Gasteiger charge is -2.38. The summed E-state index contributed by atoms with van der Waals surface area (Å²) in [5.74, 6) is -0.396. The minimum absolute atomic E-state index is 0.280. The van der Waals surface area contributed by atoms with Gasteiger partial charge < -0.3 is 5.11 Å². The van der Waals surface area contributed by atoms with Crippen molar-refractivity contribution in [3.8, 4) is 10.6 Å². The van der Waals surface area contributed by atoms with Gasteiger partial charge in [-0.1, -0.05) is 29.8 Å². The predicted molar refractivity (Wildman–Crippen MR) is 83.3 cm³/mol. The summed E-state index contributed by atoms with van der Waals surface area (Å²) in [6, 6.07) is 8.40. The zero-order chi connectivity index (χ0) is 14.8. The molecule has 1 aromatic carbocycles. The van der Waals surface area contributed by atoms with Crippen molar-refractivity contribution in [3.63, 3.8) is 0 Å². The Morgan fingerprint density at radius 2 is 2.10 bits per heavy atom. The highest BCUT2D eigenvalue weighted by Crippen LogP contribution is 2.26. The van der Waals surface area contributed by atoms with E-state index in [1.165, 1.54) is 5.56 Å². The molecule has 0 bridgehead atoms. The van der Waals surface area contributed by atoms with Gasteiger partial charge in [-0.3, -0.25) is 9.69 Å². The number of carboxylic acid groups (broad SMARTS) is 1. The van der Waals surface area contributed by atoms with Crippen LogP contribution in [0.1, 0.15) is 17.7 Å². The van der Waals surface area contributed by atoms with E-state index in [1.54, 1.807) is 11.3 Å². The van der Waals surface area contributed by atoms with E-state index in [1.807, 2.05) is 0 Å². The average Bonchev–Trinajstić information content (AvgIpc) is 2.85. The maximum Gasteiger partial charge on any atom is 0.303 e. The number of aliphatic carboxylic acids is 1. The molecule has 1 aliphatic rings. The van der Waals surface area contributed by atoms with Crippen LogP contribution >= 0.6 is 11.3 Å². The van der Waals surface area contributed by atoms with Crippen molar-refractivity contribution in [2.45, 2.75) is 19.9 Å². The highest BCUT2D eigenvalue weighted by atomic mass is 32.1. The first-order valence-electron chi connectivity index (χ1n) is 7.06. The first kappa shape index (κ1) is 14.2. The molecule has 0 unspecified atom stereocenters. The predicted octanol–water partition coefficient (Wildman–Crippen LogP) is 3.03. The van der Waals surface area contributed by atoms with E-state index in [9.17, 15) is 4.79 Å². The summed E-state index contributed by atoms with van der Waals surface area (Å²) in [5.41, 5.74) is 3.48. The molecule has 1 aliphatic heterocycles. The largest absolute Gasteiger partial charge is 0.481 e. The number of hydrogen-bond acceptors (Lipinski definition) is 4. The van der Waals surface area contributed by atoms with Gasteiger partial charge in [-0.2, -0.15) is 0 Å². The number of aromatic nitrogens is 1. The van der Waals surface area contributed by atoms with Crippen molar-refractivity contribution in [1.29, 1.82) is 0 Å². The summed E-state index contributed by atoms with van der Waals surface area (Å²) in [6.45, 7) is 4.63. The molecule has 3 rings (SSSR count). The quantitative estimate of drug-likeness (QED) is 0.922. The molecule has 0 aliphatic carbocycles. The number of aryl methyl sites for hydroxylation is 1. The van der Waals surface area contributed by atoms with E-state index in [0.717, 1.165) is 35.9 Å². The molecular weight excluding hydrogens is 284 g/mol. The van der Waals surface area contributed by atoms with Crippen molar-refractivity contribution in [3.05, 3.63) is 40.9 Å². The second-order valence-electron chi connectivity index (χ2n) is 5.67. The number of nitrogens with zero attached hydrogens (tertiary/aromatic N) is 2. The van der Waals surface area contributed by atoms with E-state index < -0.39 is 5.97 Å². The molecule has 2 heterocycles. The molecule has 0 atom stereocenters. The Bertz CT molecular complexity index is 630. The van der Waals surface area contributed by atoms with Crippen LogP contribution in [0.2, 0.25) is 0 Å². The second-order valence-corrected chi connectivity index (χ2v) is 6.53. The van der Waals surface area contributed by atoms with Gasteiger partial charge in [0, 0.05) is 30.6 Å². The van der Waals surface area contributed by atoms with Crippen LogP contribution in [0.3, 0.4) is 0 Å². The van der Waals surface area contributed by atoms with E-state index in [0.29, 0.717) is 5.92 Å². The number of likely N-dealkylation sites (tertiary alicyclic amines) is 1. The van der Waals surface area contributed by atoms with Crippen molar-refractivity contribution >= 4 is 17.3 Å². The van der Waals surface area contributed by atoms with Crippen molar-refractivity contribution < 1.29 is 9.90 Å². The fourth-order valence-electron chi connectivity index (χ4n) is 2.62. The summed E-state index contributed by atoms with van der Waals surface area (Å²) < 4.78 is 0. The first-order chi connectivity index (χ1) is 10.1. The molecule has 0 saturated carbocycles. The van der Waals surface area contributed by atoms with Crippen LogP contribution in [-0.4, -0.2) is 34.0 Å². The van der Waals surface area contributed by atoms with Crippen LogP contribution in [-0.2, 0) is 11.3 Å². The number of carbonyl (C=O) groups is 1. The van der Waals surface area contributed by atoms with Gasteiger partial charge in [0.1, 0.15) is 5.01 Å². The molecule has 1 N–H and O–H groups in total. The molecule has 1 saturated heterocycles. The van der Waals surface area contributed by atoms with Gasteiger partial charge in [0.2, 0.25) is 0 Å². The maximum absolute atomic E-state index is 10.6. The van der Waals surface area contributed by atoms with Crippen molar-refractivity contribution in [2.75, 3.05) is 13.1 Å². The molecule has 21 heavy (non-hydrogen) atoms. The van der Waals surface area contributed by atoms with Crippen LogP contribution in [0, 0.1) is 12.8 Å². The Labute approximate surface area is 128 Å². The van der Waals surface area contributed by atoms with E-state index >= 15 is 0 Å². The Kier molecular flexibility index (Phi) is 4.03. The number of rotatable bonds is 5. The fraction of sp³-hybridized carbons (Fsp3) is 0.375. The molecule has 2 aromatic rings. The van der Waals surface area contributed by atoms with E-state index in [2.05, 4.69) is 46.5 Å². The average molecular weight is 302 g/mol. The summed E-state index contributed by atoms with van der Waals surface area (Å²) >= 11 is 1.66. The smallest absolute Gasteiger partial charge is 0.303 e. The standard InChI is InChI=1S/C16H18N2O2S/c1-11-2-4-13(5-3-11)16-17-14(10-21-16)9-18-7-12(8-18)6-15(19)20/h2-5,10,12H,6-9H2,1H3,(H,19,20). The highest BCUT2D eigenvalue weighted by Gasteiger charge is 2.28. The summed E-state index contributed by atoms with van der Waals surface area (Å²) in [7, 11) is 0. The molecular formula is C16H18N2O2S. The third-order valence-corrected chi connectivity index (χ3v) is 4.67. The fourth-order valence-corrected chi connectivity index (χ4v) is 3.44. The van der Waals surface area contributed by atoms with Gasteiger partial charge in [-0.25, -0.2) is 4.98 Å². The molecule has 5 heteroatoms. The Balaban J connectivity index is 1.57. The van der Waals surface area contributed by atoms with Crippen LogP contribution in [0.4, 0.5) is 0 Å². The van der Waals surface area contributed by atoms with E-state index in [-0.39, 0.29) is 6.42 Å². The van der Waals surface area contributed by atoms with Crippen molar-refractivity contribution in [2.24, 2.45) is 5.92 Å². The van der Waals surface area contributed by atoms with Crippen LogP contribution < -0.4 is 0 Å². The lowest BCUT2D eigenvalue weighted by molar-refractivity contribution is -0.139. The highest BCUT2D eigenvalue weighted by molar-refractivity contribution is 7.13. The summed E-state index contributed by atoms with van der Waals surface area (Å²) in [4.78, 5) is 17.6. The maximum atomic E-state index is 10.6. The molecule has 0 amide bonds. The molecule has 0 radical (unpaired) electrons. The third kappa shape index (κ3) is 3.49. The molecule has 0 spiro atoms. The molecule has 110 valence electrons. The topological polar surface area (TPSA) is 53.4 Å². The Morgan fingerprint density at radius 3 is 2.76 bits per heavy atom. The third-order valence-electron chi connectivity index (χ3n) is 3.73. The number of benzene rings is 1. The number of carboxylic acids is 1. The first-order valence-corrected chi connectivity index (χ1v) is 7.94. The van der Waals surface area contributed by atoms with Gasteiger partial charge in [-0.05, 0) is 12.8 Å². The zero-order valence-corrected chi connectivity index (χ0v) is 12.8. The number of hydrogen-bond donors (Lipinski definition) is 1.